The lowest BCUT2D eigenvalue weighted by molar-refractivity contribution is 0.628. The summed E-state index contributed by atoms with van der Waals surface area (Å²) >= 11 is 6.23. The highest BCUT2D eigenvalue weighted by Gasteiger charge is 2.15. The maximum Gasteiger partial charge on any atom is 0.142 e. The molecule has 0 fully saturated rings. The van der Waals surface area contributed by atoms with Crippen LogP contribution in [0.15, 0.2) is 54.6 Å². The van der Waals surface area contributed by atoms with Crippen molar-refractivity contribution in [1.82, 2.24) is 4.98 Å². The molecular weight excluding hydrogens is 313 g/mol. The van der Waals surface area contributed by atoms with Crippen LogP contribution in [0, 0.1) is 17.1 Å². The molecule has 2 N–H and O–H groups in total. The van der Waals surface area contributed by atoms with Crippen LogP contribution in [-0.2, 0) is 0 Å². The van der Waals surface area contributed by atoms with Crippen molar-refractivity contribution in [2.24, 2.45) is 0 Å². The molecule has 2 aromatic carbocycles. The average Bonchev–Trinajstić information content (AvgIpc) is 2.54. The van der Waals surface area contributed by atoms with Gasteiger partial charge in [-0.3, -0.25) is 0 Å². The second-order valence-corrected chi connectivity index (χ2v) is 5.32. The van der Waals surface area contributed by atoms with Crippen LogP contribution in [0.2, 0.25) is 5.02 Å². The van der Waals surface area contributed by atoms with Crippen molar-refractivity contribution in [3.05, 3.63) is 71.0 Å². The fourth-order valence-electron chi connectivity index (χ4n) is 2.37. The molecule has 3 rings (SSSR count). The SMILES string of the molecule is N#Cc1c(-c2ccccc2Cl)cc(-c2cccc(F)c2)nc1N. The number of pyridine rings is 1. The van der Waals surface area contributed by atoms with E-state index in [2.05, 4.69) is 11.1 Å². The Kier molecular flexibility index (Phi) is 3.96. The number of aromatic nitrogens is 1. The van der Waals surface area contributed by atoms with Crippen molar-refractivity contribution in [3.63, 3.8) is 0 Å². The number of anilines is 1. The second-order valence-electron chi connectivity index (χ2n) is 4.92. The second kappa shape index (κ2) is 6.07. The van der Waals surface area contributed by atoms with E-state index >= 15 is 0 Å². The van der Waals surface area contributed by atoms with E-state index in [9.17, 15) is 9.65 Å². The monoisotopic (exact) mass is 323 g/mol. The molecule has 0 saturated carbocycles. The quantitative estimate of drug-likeness (QED) is 0.746. The zero-order chi connectivity index (χ0) is 16.4. The van der Waals surface area contributed by atoms with E-state index in [1.54, 1.807) is 36.4 Å². The molecule has 0 radical (unpaired) electrons. The summed E-state index contributed by atoms with van der Waals surface area (Å²) in [7, 11) is 0. The lowest BCUT2D eigenvalue weighted by atomic mass is 9.98. The summed E-state index contributed by atoms with van der Waals surface area (Å²) in [6, 6.07) is 17.0. The molecule has 0 amide bonds. The summed E-state index contributed by atoms with van der Waals surface area (Å²) in [5, 5.41) is 9.88. The summed E-state index contributed by atoms with van der Waals surface area (Å²) in [6.45, 7) is 0. The minimum atomic E-state index is -0.369. The third kappa shape index (κ3) is 2.87. The third-order valence-corrected chi connectivity index (χ3v) is 3.77. The van der Waals surface area contributed by atoms with Crippen LogP contribution in [0.3, 0.4) is 0 Å². The fraction of sp³-hybridized carbons (Fsp3) is 0. The first kappa shape index (κ1) is 15.0. The first-order chi connectivity index (χ1) is 11.1. The number of nitrogen functional groups attached to an aromatic ring is 1. The van der Waals surface area contributed by atoms with Crippen LogP contribution in [0.5, 0.6) is 0 Å². The van der Waals surface area contributed by atoms with Crippen molar-refractivity contribution < 1.29 is 4.39 Å². The van der Waals surface area contributed by atoms with Crippen LogP contribution in [-0.4, -0.2) is 4.98 Å². The molecule has 0 unspecified atom stereocenters. The highest BCUT2D eigenvalue weighted by Crippen LogP contribution is 2.34. The molecule has 0 atom stereocenters. The lowest BCUT2D eigenvalue weighted by Crippen LogP contribution is -2.00. The van der Waals surface area contributed by atoms with Crippen molar-refractivity contribution in [2.75, 3.05) is 5.73 Å². The zero-order valence-corrected chi connectivity index (χ0v) is 12.7. The number of benzene rings is 2. The molecule has 0 saturated heterocycles. The van der Waals surface area contributed by atoms with E-state index < -0.39 is 0 Å². The molecule has 5 heteroatoms. The van der Waals surface area contributed by atoms with Gasteiger partial charge in [0.15, 0.2) is 0 Å². The van der Waals surface area contributed by atoms with E-state index in [0.717, 1.165) is 0 Å². The highest BCUT2D eigenvalue weighted by atomic mass is 35.5. The van der Waals surface area contributed by atoms with Crippen LogP contribution < -0.4 is 5.73 Å². The number of rotatable bonds is 2. The number of hydrogen-bond donors (Lipinski definition) is 1. The van der Waals surface area contributed by atoms with Crippen LogP contribution >= 0.6 is 11.6 Å². The van der Waals surface area contributed by atoms with E-state index in [-0.39, 0.29) is 17.2 Å². The van der Waals surface area contributed by atoms with Gasteiger partial charge in [0.05, 0.1) is 5.69 Å². The molecule has 0 aliphatic heterocycles. The lowest BCUT2D eigenvalue weighted by Gasteiger charge is -2.11. The largest absolute Gasteiger partial charge is 0.383 e. The minimum Gasteiger partial charge on any atom is -0.383 e. The zero-order valence-electron chi connectivity index (χ0n) is 11.9. The topological polar surface area (TPSA) is 62.7 Å². The predicted molar refractivity (Wildman–Crippen MR) is 89.2 cm³/mol. The van der Waals surface area contributed by atoms with Crippen molar-refractivity contribution >= 4 is 17.4 Å². The maximum atomic E-state index is 13.5. The Morgan fingerprint density at radius 1 is 1.04 bits per heavy atom. The summed E-state index contributed by atoms with van der Waals surface area (Å²) in [6.07, 6.45) is 0. The van der Waals surface area contributed by atoms with Gasteiger partial charge in [-0.15, -0.1) is 0 Å². The van der Waals surface area contributed by atoms with Gasteiger partial charge in [-0.2, -0.15) is 5.26 Å². The Hall–Kier alpha value is -2.90. The molecule has 1 aromatic heterocycles. The average molecular weight is 324 g/mol. The number of nitriles is 1. The summed E-state index contributed by atoms with van der Waals surface area (Å²) in [4.78, 5) is 4.22. The Morgan fingerprint density at radius 3 is 2.52 bits per heavy atom. The Balaban J connectivity index is 2.27. The van der Waals surface area contributed by atoms with E-state index in [4.69, 9.17) is 17.3 Å². The molecule has 3 aromatic rings. The first-order valence-electron chi connectivity index (χ1n) is 6.81. The van der Waals surface area contributed by atoms with Crippen molar-refractivity contribution in [1.29, 1.82) is 5.26 Å². The van der Waals surface area contributed by atoms with Gasteiger partial charge in [0, 0.05) is 21.7 Å². The third-order valence-electron chi connectivity index (χ3n) is 3.44. The molecule has 1 heterocycles. The molecular formula is C18H11ClFN3. The molecule has 0 aliphatic rings. The number of nitrogens with zero attached hydrogens (tertiary/aromatic N) is 2. The standard InChI is InChI=1S/C18H11ClFN3/c19-16-7-2-1-6-13(16)14-9-17(23-18(22)15(14)10-21)11-4-3-5-12(20)8-11/h1-9H,(H2,22,23). The van der Waals surface area contributed by atoms with Gasteiger partial charge in [-0.05, 0) is 24.3 Å². The minimum absolute atomic E-state index is 0.0872. The highest BCUT2D eigenvalue weighted by molar-refractivity contribution is 6.33. The van der Waals surface area contributed by atoms with Crippen LogP contribution in [0.4, 0.5) is 10.2 Å². The first-order valence-corrected chi connectivity index (χ1v) is 7.19. The smallest absolute Gasteiger partial charge is 0.142 e. The normalized spacial score (nSPS) is 10.3. The Labute approximate surface area is 137 Å². The molecule has 0 bridgehead atoms. The van der Waals surface area contributed by atoms with Gasteiger partial charge in [-0.25, -0.2) is 9.37 Å². The predicted octanol–water partition coefficient (Wildman–Crippen LogP) is 4.66. The van der Waals surface area contributed by atoms with Gasteiger partial charge < -0.3 is 5.73 Å². The van der Waals surface area contributed by atoms with Crippen molar-refractivity contribution in [2.45, 2.75) is 0 Å². The van der Waals surface area contributed by atoms with Crippen LogP contribution in [0.1, 0.15) is 5.56 Å². The van der Waals surface area contributed by atoms with E-state index in [1.165, 1.54) is 12.1 Å². The van der Waals surface area contributed by atoms with Gasteiger partial charge >= 0.3 is 0 Å². The van der Waals surface area contributed by atoms with Crippen molar-refractivity contribution in [3.8, 4) is 28.5 Å². The molecule has 3 nitrogen and oxygen atoms in total. The summed E-state index contributed by atoms with van der Waals surface area (Å²) < 4.78 is 13.5. The van der Waals surface area contributed by atoms with Gasteiger partial charge in [0.1, 0.15) is 23.3 Å². The Morgan fingerprint density at radius 2 is 1.83 bits per heavy atom. The molecule has 0 aliphatic carbocycles. The Bertz CT molecular complexity index is 932. The summed E-state index contributed by atoms with van der Waals surface area (Å²) in [5.41, 5.74) is 8.49. The molecule has 112 valence electrons. The molecule has 23 heavy (non-hydrogen) atoms. The summed E-state index contributed by atoms with van der Waals surface area (Å²) in [5.74, 6) is -0.282. The van der Waals surface area contributed by atoms with Gasteiger partial charge in [0.25, 0.3) is 0 Å². The van der Waals surface area contributed by atoms with E-state index in [1.807, 2.05) is 6.07 Å². The maximum absolute atomic E-state index is 13.5. The van der Waals surface area contributed by atoms with Crippen LogP contribution in [0.25, 0.3) is 22.4 Å². The van der Waals surface area contributed by atoms with Gasteiger partial charge in [0.2, 0.25) is 0 Å². The molecule has 0 spiro atoms. The number of nitrogens with two attached hydrogens (primary N) is 1. The fourth-order valence-corrected chi connectivity index (χ4v) is 2.61. The number of hydrogen-bond acceptors (Lipinski definition) is 3. The van der Waals surface area contributed by atoms with Gasteiger partial charge in [-0.1, -0.05) is 41.9 Å². The number of halogens is 2. The van der Waals surface area contributed by atoms with E-state index in [0.29, 0.717) is 27.4 Å².